The van der Waals surface area contributed by atoms with Crippen LogP contribution in [0, 0.1) is 11.8 Å². The molecule has 0 saturated heterocycles. The molecule has 636 valence electrons. The molecule has 0 aliphatic rings. The highest BCUT2D eigenvalue weighted by atomic mass is 31.2. The van der Waals surface area contributed by atoms with E-state index in [4.69, 9.17) is 37.0 Å². The molecule has 0 fully saturated rings. The summed E-state index contributed by atoms with van der Waals surface area (Å²) < 4.78 is 69.0. The fourth-order valence-corrected chi connectivity index (χ4v) is 15.3. The van der Waals surface area contributed by atoms with Crippen molar-refractivity contribution in [2.75, 3.05) is 39.6 Å². The van der Waals surface area contributed by atoms with Crippen molar-refractivity contribution in [1.82, 2.24) is 0 Å². The number of esters is 4. The van der Waals surface area contributed by atoms with E-state index in [1.807, 2.05) is 0 Å². The van der Waals surface area contributed by atoms with Gasteiger partial charge in [-0.2, -0.15) is 0 Å². The van der Waals surface area contributed by atoms with Gasteiger partial charge in [-0.25, -0.2) is 9.13 Å². The molecule has 0 radical (unpaired) electrons. The van der Waals surface area contributed by atoms with Crippen molar-refractivity contribution in [3.05, 3.63) is 0 Å². The van der Waals surface area contributed by atoms with Crippen LogP contribution in [0.1, 0.15) is 472 Å². The zero-order valence-electron chi connectivity index (χ0n) is 70.5. The Hall–Kier alpha value is -1.94. The Morgan fingerprint density at radius 2 is 0.477 bits per heavy atom. The Labute approximate surface area is 658 Å². The third-order valence-electron chi connectivity index (χ3n) is 21.1. The number of phosphoric acid groups is 2. The molecule has 0 amide bonds. The lowest BCUT2D eigenvalue weighted by atomic mass is 9.99. The van der Waals surface area contributed by atoms with E-state index in [-0.39, 0.29) is 25.7 Å². The highest BCUT2D eigenvalue weighted by Crippen LogP contribution is 2.45. The molecule has 6 atom stereocenters. The molecule has 17 nitrogen and oxygen atoms in total. The highest BCUT2D eigenvalue weighted by Gasteiger charge is 2.31. The molecule has 3 N–H and O–H groups in total. The summed E-state index contributed by atoms with van der Waals surface area (Å²) >= 11 is 0. The number of carbonyl (C=O) groups is 4. The minimum Gasteiger partial charge on any atom is -0.462 e. The standard InChI is InChI=1S/C88H172O17P2/c1-7-10-12-14-16-18-20-21-22-23-24-25-26-31-37-42-48-54-60-66-72-87(92)105-84(77-99-86(91)71-65-59-53-47-41-36-30-28-27-29-34-39-44-50-56-62-68-80(4)5)79-103-107(96,97)101-75-82(89)74-100-106(94,95)102-78-83(76-98-85(90)70-64-58-52-46-19-17-15-13-11-8-2)104-88(93)73-67-61-55-49-43-38-33-32-35-40-45-51-57-63-69-81(6)9-3/h80-84,89H,7-79H2,1-6H3,(H,94,95)(H,96,97)/t81?,82-,83+,84+/m0/s1. The average Bonchev–Trinajstić information content (AvgIpc) is 0.908. The van der Waals surface area contributed by atoms with E-state index in [1.54, 1.807) is 0 Å². The second kappa shape index (κ2) is 79.3. The molecule has 0 bridgehead atoms. The van der Waals surface area contributed by atoms with Gasteiger partial charge in [-0.1, -0.05) is 420 Å². The van der Waals surface area contributed by atoms with Gasteiger partial charge in [-0.15, -0.1) is 0 Å². The highest BCUT2D eigenvalue weighted by molar-refractivity contribution is 7.47. The van der Waals surface area contributed by atoms with Crippen LogP contribution < -0.4 is 0 Å². The summed E-state index contributed by atoms with van der Waals surface area (Å²) in [6.45, 7) is 9.76. The predicted molar refractivity (Wildman–Crippen MR) is 442 cm³/mol. The first kappa shape index (κ1) is 105. The van der Waals surface area contributed by atoms with Crippen molar-refractivity contribution < 1.29 is 80.2 Å². The number of carbonyl (C=O) groups excluding carboxylic acids is 4. The first-order valence-corrected chi connectivity index (χ1v) is 48.5. The Morgan fingerprint density at radius 1 is 0.271 bits per heavy atom. The lowest BCUT2D eigenvalue weighted by Gasteiger charge is -2.21. The third kappa shape index (κ3) is 80.5. The zero-order chi connectivity index (χ0) is 78.5. The molecule has 19 heteroatoms. The first-order valence-electron chi connectivity index (χ1n) is 45.5. The van der Waals surface area contributed by atoms with Gasteiger partial charge >= 0.3 is 39.5 Å². The zero-order valence-corrected chi connectivity index (χ0v) is 72.2. The fraction of sp³-hybridized carbons (Fsp3) is 0.955. The molecule has 0 rings (SSSR count). The summed E-state index contributed by atoms with van der Waals surface area (Å²) in [6.07, 6.45) is 72.1. The summed E-state index contributed by atoms with van der Waals surface area (Å²) in [5.41, 5.74) is 0. The number of hydrogen-bond acceptors (Lipinski definition) is 15. The maximum absolute atomic E-state index is 13.2. The van der Waals surface area contributed by atoms with E-state index in [0.717, 1.165) is 102 Å². The second-order valence-corrected chi connectivity index (χ2v) is 35.3. The largest absolute Gasteiger partial charge is 0.472 e. The Balaban J connectivity index is 5.23. The van der Waals surface area contributed by atoms with E-state index in [2.05, 4.69) is 41.5 Å². The molecular formula is C88H172O17P2. The van der Waals surface area contributed by atoms with Crippen LogP contribution in [0.15, 0.2) is 0 Å². The van der Waals surface area contributed by atoms with Gasteiger partial charge in [0.2, 0.25) is 0 Å². The molecule has 0 aromatic carbocycles. The minimum absolute atomic E-state index is 0.108. The summed E-state index contributed by atoms with van der Waals surface area (Å²) in [5.74, 6) is -0.440. The van der Waals surface area contributed by atoms with E-state index in [9.17, 15) is 43.2 Å². The SMILES string of the molecule is CCCCCCCCCCCCCCCCCCCCCCC(=O)O[C@H](COC(=O)CCCCCCCCCCCCCCCCCCC(C)C)COP(=O)(O)OC[C@@H](O)COP(=O)(O)OC[C@@H](COC(=O)CCCCCCCCCCCC)OC(=O)CCCCCCCCCCCCCCCCC(C)CC. The Kier molecular flexibility index (Phi) is 77.9. The van der Waals surface area contributed by atoms with E-state index in [1.165, 1.54) is 289 Å². The topological polar surface area (TPSA) is 237 Å². The first-order chi connectivity index (χ1) is 51.9. The molecule has 0 saturated carbocycles. The second-order valence-electron chi connectivity index (χ2n) is 32.4. The fourth-order valence-electron chi connectivity index (χ4n) is 13.7. The van der Waals surface area contributed by atoms with E-state index in [0.29, 0.717) is 25.7 Å². The lowest BCUT2D eigenvalue weighted by Crippen LogP contribution is -2.30. The van der Waals surface area contributed by atoms with Crippen molar-refractivity contribution in [2.24, 2.45) is 11.8 Å². The predicted octanol–water partition coefficient (Wildman–Crippen LogP) is 27.0. The lowest BCUT2D eigenvalue weighted by molar-refractivity contribution is -0.161. The van der Waals surface area contributed by atoms with Crippen molar-refractivity contribution in [3.63, 3.8) is 0 Å². The van der Waals surface area contributed by atoms with Gasteiger partial charge < -0.3 is 33.8 Å². The van der Waals surface area contributed by atoms with Crippen LogP contribution in [-0.4, -0.2) is 96.7 Å². The number of unbranched alkanes of at least 4 members (excludes halogenated alkanes) is 56. The maximum atomic E-state index is 13.2. The van der Waals surface area contributed by atoms with Crippen LogP contribution in [0.25, 0.3) is 0 Å². The van der Waals surface area contributed by atoms with Crippen LogP contribution >= 0.6 is 15.6 Å². The Bertz CT molecular complexity index is 2050. The monoisotopic (exact) mass is 1560 g/mol. The number of hydrogen-bond donors (Lipinski definition) is 3. The van der Waals surface area contributed by atoms with Gasteiger partial charge in [-0.05, 0) is 37.5 Å². The van der Waals surface area contributed by atoms with E-state index >= 15 is 0 Å². The van der Waals surface area contributed by atoms with Crippen molar-refractivity contribution in [2.45, 2.75) is 490 Å². The molecule has 107 heavy (non-hydrogen) atoms. The number of rotatable bonds is 87. The maximum Gasteiger partial charge on any atom is 0.472 e. The van der Waals surface area contributed by atoms with Crippen LogP contribution in [-0.2, 0) is 65.4 Å². The molecule has 0 aromatic heterocycles. The smallest absolute Gasteiger partial charge is 0.462 e. The molecule has 0 heterocycles. The minimum atomic E-state index is -4.97. The number of aliphatic hydroxyl groups is 1. The summed E-state index contributed by atoms with van der Waals surface area (Å²) in [7, 11) is -9.93. The van der Waals surface area contributed by atoms with Gasteiger partial charge in [0.25, 0.3) is 0 Å². The van der Waals surface area contributed by atoms with Crippen LogP contribution in [0.2, 0.25) is 0 Å². The molecule has 0 spiro atoms. The van der Waals surface area contributed by atoms with Crippen LogP contribution in [0.4, 0.5) is 0 Å². The number of phosphoric ester groups is 2. The summed E-state index contributed by atoms with van der Waals surface area (Å²) in [6, 6.07) is 0. The summed E-state index contributed by atoms with van der Waals surface area (Å²) in [5, 5.41) is 10.7. The van der Waals surface area contributed by atoms with Gasteiger partial charge in [0.1, 0.15) is 19.3 Å². The summed E-state index contributed by atoms with van der Waals surface area (Å²) in [4.78, 5) is 73.3. The molecule has 0 aliphatic carbocycles. The van der Waals surface area contributed by atoms with Crippen molar-refractivity contribution in [3.8, 4) is 0 Å². The normalized spacial score (nSPS) is 14.0. The number of aliphatic hydroxyl groups excluding tert-OH is 1. The average molecular weight is 1560 g/mol. The van der Waals surface area contributed by atoms with Crippen molar-refractivity contribution in [1.29, 1.82) is 0 Å². The van der Waals surface area contributed by atoms with Gasteiger partial charge in [0.05, 0.1) is 26.4 Å². The third-order valence-corrected chi connectivity index (χ3v) is 23.0. The van der Waals surface area contributed by atoms with Gasteiger partial charge in [0.15, 0.2) is 12.2 Å². The molecule has 0 aromatic rings. The van der Waals surface area contributed by atoms with Gasteiger partial charge in [0, 0.05) is 25.7 Å². The Morgan fingerprint density at radius 3 is 0.710 bits per heavy atom. The molecular weight excluding hydrogens is 1390 g/mol. The number of ether oxygens (including phenoxy) is 4. The molecule has 3 unspecified atom stereocenters. The van der Waals surface area contributed by atoms with E-state index < -0.39 is 97.5 Å². The van der Waals surface area contributed by atoms with Crippen molar-refractivity contribution >= 4 is 39.5 Å². The van der Waals surface area contributed by atoms with Gasteiger partial charge in [-0.3, -0.25) is 37.3 Å². The van der Waals surface area contributed by atoms with Crippen LogP contribution in [0.3, 0.4) is 0 Å². The molecule has 0 aliphatic heterocycles. The quantitative estimate of drug-likeness (QED) is 0.0222. The van der Waals surface area contributed by atoms with Crippen LogP contribution in [0.5, 0.6) is 0 Å².